The fraction of sp³-hybridized carbons (Fsp3) is 0.333. The highest BCUT2D eigenvalue weighted by molar-refractivity contribution is 5.25. The van der Waals surface area contributed by atoms with Crippen molar-refractivity contribution in [1.29, 1.82) is 0 Å². The Kier molecular flexibility index (Phi) is 4.55. The molecule has 0 rings (SSSR count). The first-order valence-corrected chi connectivity index (χ1v) is 3.39. The van der Waals surface area contributed by atoms with Gasteiger partial charge in [-0.2, -0.15) is 0 Å². The summed E-state index contributed by atoms with van der Waals surface area (Å²) in [6.07, 6.45) is 5.53. The molecule has 0 N–H and O–H groups in total. The molecule has 0 saturated heterocycles. The molecule has 0 nitrogen and oxygen atoms in total. The molecule has 0 heterocycles. The molecule has 0 bridgehead atoms. The van der Waals surface area contributed by atoms with Crippen LogP contribution in [0, 0.1) is 0 Å². The quantitative estimate of drug-likeness (QED) is 0.527. The van der Waals surface area contributed by atoms with Gasteiger partial charge in [0.15, 0.2) is 0 Å². The Hall–Kier alpha value is -0.850. The molecule has 0 fully saturated rings. The minimum absolute atomic E-state index is 0.222. The molecule has 0 radical (unpaired) electrons. The minimum atomic E-state index is -0.222. The SMILES string of the molecule is C=C(CC)/C(F)=C\C=C/C. The van der Waals surface area contributed by atoms with Crippen LogP contribution in [0.1, 0.15) is 20.3 Å². The van der Waals surface area contributed by atoms with Crippen LogP contribution in [0.4, 0.5) is 4.39 Å². The monoisotopic (exact) mass is 140 g/mol. The predicted octanol–water partition coefficient (Wildman–Crippen LogP) is 3.38. The molecule has 0 atom stereocenters. The van der Waals surface area contributed by atoms with Crippen molar-refractivity contribution in [3.63, 3.8) is 0 Å². The number of hydrogen-bond acceptors (Lipinski definition) is 0. The zero-order valence-corrected chi connectivity index (χ0v) is 6.52. The predicted molar refractivity (Wildman–Crippen MR) is 43.4 cm³/mol. The summed E-state index contributed by atoms with van der Waals surface area (Å²) >= 11 is 0. The lowest BCUT2D eigenvalue weighted by atomic mass is 10.2. The first-order chi connectivity index (χ1) is 4.72. The average Bonchev–Trinajstić information content (AvgIpc) is 1.98. The molecule has 10 heavy (non-hydrogen) atoms. The zero-order chi connectivity index (χ0) is 7.98. The van der Waals surface area contributed by atoms with Gasteiger partial charge in [0.25, 0.3) is 0 Å². The van der Waals surface area contributed by atoms with Gasteiger partial charge in [0.2, 0.25) is 0 Å². The van der Waals surface area contributed by atoms with Gasteiger partial charge in [0.1, 0.15) is 5.83 Å². The van der Waals surface area contributed by atoms with Crippen LogP contribution in [-0.2, 0) is 0 Å². The van der Waals surface area contributed by atoms with E-state index in [0.717, 1.165) is 0 Å². The first kappa shape index (κ1) is 9.15. The van der Waals surface area contributed by atoms with E-state index < -0.39 is 0 Å². The molecule has 0 aliphatic carbocycles. The van der Waals surface area contributed by atoms with Gasteiger partial charge in [0.05, 0.1) is 0 Å². The zero-order valence-electron chi connectivity index (χ0n) is 6.52. The lowest BCUT2D eigenvalue weighted by Gasteiger charge is -1.94. The summed E-state index contributed by atoms with van der Waals surface area (Å²) in [7, 11) is 0. The average molecular weight is 140 g/mol. The van der Waals surface area contributed by atoms with Crippen molar-refractivity contribution in [3.8, 4) is 0 Å². The third-order valence-electron chi connectivity index (χ3n) is 1.20. The van der Waals surface area contributed by atoms with Crippen molar-refractivity contribution in [2.45, 2.75) is 20.3 Å². The van der Waals surface area contributed by atoms with Crippen molar-refractivity contribution in [2.75, 3.05) is 0 Å². The van der Waals surface area contributed by atoms with Crippen LogP contribution < -0.4 is 0 Å². The van der Waals surface area contributed by atoms with Crippen molar-refractivity contribution >= 4 is 0 Å². The van der Waals surface area contributed by atoms with Crippen molar-refractivity contribution in [2.24, 2.45) is 0 Å². The van der Waals surface area contributed by atoms with Crippen LogP contribution in [0.2, 0.25) is 0 Å². The van der Waals surface area contributed by atoms with E-state index in [1.807, 2.05) is 13.8 Å². The van der Waals surface area contributed by atoms with E-state index in [1.54, 1.807) is 12.2 Å². The first-order valence-electron chi connectivity index (χ1n) is 3.39. The molecule has 0 saturated carbocycles. The fourth-order valence-electron chi connectivity index (χ4n) is 0.467. The maximum atomic E-state index is 12.7. The van der Waals surface area contributed by atoms with E-state index in [2.05, 4.69) is 6.58 Å². The Balaban J connectivity index is 4.05. The Morgan fingerprint density at radius 2 is 2.20 bits per heavy atom. The Labute approximate surface area is 61.8 Å². The standard InChI is InChI=1S/C9H13F/c1-4-6-7-9(10)8(3)5-2/h4,6-7H,3,5H2,1-2H3/b6-4-,9-7+. The largest absolute Gasteiger partial charge is 0.207 e. The second-order valence-electron chi connectivity index (χ2n) is 2.00. The van der Waals surface area contributed by atoms with Crippen LogP contribution in [0.3, 0.4) is 0 Å². The van der Waals surface area contributed by atoms with Gasteiger partial charge >= 0.3 is 0 Å². The highest BCUT2D eigenvalue weighted by Crippen LogP contribution is 2.11. The number of halogens is 1. The molecule has 0 aromatic rings. The maximum Gasteiger partial charge on any atom is 0.125 e. The van der Waals surface area contributed by atoms with Crippen LogP contribution in [-0.4, -0.2) is 0 Å². The highest BCUT2D eigenvalue weighted by Gasteiger charge is 1.94. The fourth-order valence-corrected chi connectivity index (χ4v) is 0.467. The van der Waals surface area contributed by atoms with Gasteiger partial charge < -0.3 is 0 Å². The lowest BCUT2D eigenvalue weighted by Crippen LogP contribution is -1.76. The van der Waals surface area contributed by atoms with Gasteiger partial charge in [-0.25, -0.2) is 4.39 Å². The topological polar surface area (TPSA) is 0 Å². The second-order valence-corrected chi connectivity index (χ2v) is 2.00. The van der Waals surface area contributed by atoms with Crippen LogP contribution >= 0.6 is 0 Å². The third-order valence-corrected chi connectivity index (χ3v) is 1.20. The summed E-state index contributed by atoms with van der Waals surface area (Å²) in [5.41, 5.74) is 0.554. The van der Waals surface area contributed by atoms with Crippen LogP contribution in [0.5, 0.6) is 0 Å². The summed E-state index contributed by atoms with van der Waals surface area (Å²) < 4.78 is 12.7. The van der Waals surface area contributed by atoms with E-state index in [0.29, 0.717) is 12.0 Å². The summed E-state index contributed by atoms with van der Waals surface area (Å²) in [6.45, 7) is 7.27. The summed E-state index contributed by atoms with van der Waals surface area (Å²) in [5.74, 6) is -0.222. The van der Waals surface area contributed by atoms with Crippen LogP contribution in [0.25, 0.3) is 0 Å². The van der Waals surface area contributed by atoms with Gasteiger partial charge in [-0.15, -0.1) is 0 Å². The van der Waals surface area contributed by atoms with E-state index in [4.69, 9.17) is 0 Å². The van der Waals surface area contributed by atoms with E-state index in [1.165, 1.54) is 6.08 Å². The highest BCUT2D eigenvalue weighted by atomic mass is 19.1. The van der Waals surface area contributed by atoms with E-state index >= 15 is 0 Å². The summed E-state index contributed by atoms with van der Waals surface area (Å²) in [5, 5.41) is 0. The minimum Gasteiger partial charge on any atom is -0.207 e. The smallest absolute Gasteiger partial charge is 0.125 e. The van der Waals surface area contributed by atoms with E-state index in [9.17, 15) is 4.39 Å². The number of hydrogen-bond donors (Lipinski definition) is 0. The third kappa shape index (κ3) is 3.23. The molecule has 56 valence electrons. The number of allylic oxidation sites excluding steroid dienone is 5. The van der Waals surface area contributed by atoms with Crippen LogP contribution in [0.15, 0.2) is 36.2 Å². The molecule has 0 unspecified atom stereocenters. The van der Waals surface area contributed by atoms with Gasteiger partial charge in [-0.05, 0) is 25.0 Å². The van der Waals surface area contributed by atoms with E-state index in [-0.39, 0.29) is 5.83 Å². The Morgan fingerprint density at radius 3 is 2.60 bits per heavy atom. The molecule has 0 aliphatic heterocycles. The molecular formula is C9H13F. The van der Waals surface area contributed by atoms with Crippen molar-refractivity contribution in [1.82, 2.24) is 0 Å². The molecule has 1 heteroatoms. The summed E-state index contributed by atoms with van der Waals surface area (Å²) in [6, 6.07) is 0. The maximum absolute atomic E-state index is 12.7. The Morgan fingerprint density at radius 1 is 1.60 bits per heavy atom. The normalized spacial score (nSPS) is 12.5. The van der Waals surface area contributed by atoms with Crippen molar-refractivity contribution < 1.29 is 4.39 Å². The van der Waals surface area contributed by atoms with Crippen molar-refractivity contribution in [3.05, 3.63) is 36.2 Å². The molecule has 0 aromatic heterocycles. The van der Waals surface area contributed by atoms with Gasteiger partial charge in [-0.3, -0.25) is 0 Å². The molecular weight excluding hydrogens is 127 g/mol. The second kappa shape index (κ2) is 4.98. The Bertz CT molecular complexity index is 164. The summed E-state index contributed by atoms with van der Waals surface area (Å²) in [4.78, 5) is 0. The van der Waals surface area contributed by atoms with Gasteiger partial charge in [-0.1, -0.05) is 25.7 Å². The molecule has 0 amide bonds. The molecule has 0 aliphatic rings. The van der Waals surface area contributed by atoms with Gasteiger partial charge in [0, 0.05) is 0 Å². The molecule has 0 spiro atoms. The molecule has 0 aromatic carbocycles. The number of rotatable bonds is 3. The lowest BCUT2D eigenvalue weighted by molar-refractivity contribution is 0.644.